The Balaban J connectivity index is 3.86. The topological polar surface area (TPSA) is 185 Å². The summed E-state index contributed by atoms with van der Waals surface area (Å²) in [5.41, 5.74) is 5.64. The molecule has 33 heavy (non-hydrogen) atoms. The summed E-state index contributed by atoms with van der Waals surface area (Å²) < 4.78 is 0.687. The molecule has 0 aromatic heterocycles. The van der Waals surface area contributed by atoms with Crippen LogP contribution in [-0.4, -0.2) is 106 Å². The molecule has 11 nitrogen and oxygen atoms in total. The number of primary amides is 1. The second-order valence-corrected chi connectivity index (χ2v) is 10.2. The van der Waals surface area contributed by atoms with E-state index in [1.165, 1.54) is 0 Å². The van der Waals surface area contributed by atoms with E-state index in [2.05, 4.69) is 0 Å². The first-order valence-electron chi connectivity index (χ1n) is 9.31. The number of halogens is 4. The molecule has 0 fully saturated rings. The van der Waals surface area contributed by atoms with E-state index in [0.29, 0.717) is 0 Å². The minimum absolute atomic E-state index is 0.0364. The highest BCUT2D eigenvalue weighted by atomic mass is 127. The molecule has 0 heterocycles. The molecular formula is C18H23ClI3N3O8. The maximum Gasteiger partial charge on any atom is 0.256 e. The number of amides is 3. The fraction of sp³-hybridized carbons (Fsp3) is 0.500. The number of rotatable bonds is 12. The molecule has 2 atom stereocenters. The van der Waals surface area contributed by atoms with Crippen LogP contribution < -0.4 is 10.6 Å². The minimum atomic E-state index is -1.34. The monoisotopic (exact) mass is 825 g/mol. The molecule has 0 aliphatic carbocycles. The van der Waals surface area contributed by atoms with Crippen molar-refractivity contribution < 1.29 is 39.9 Å². The van der Waals surface area contributed by atoms with Crippen LogP contribution in [0.4, 0.5) is 5.69 Å². The van der Waals surface area contributed by atoms with E-state index in [1.54, 1.807) is 22.6 Å². The van der Waals surface area contributed by atoms with Gasteiger partial charge >= 0.3 is 0 Å². The fourth-order valence-electron chi connectivity index (χ4n) is 2.85. The zero-order chi connectivity index (χ0) is 25.5. The summed E-state index contributed by atoms with van der Waals surface area (Å²) in [5, 5.41) is 47.7. The molecule has 186 valence electrons. The van der Waals surface area contributed by atoms with Crippen molar-refractivity contribution in [2.45, 2.75) is 12.2 Å². The number of carbonyl (C=O) groups excluding carboxylic acids is 3. The normalized spacial score (nSPS) is 12.9. The summed E-state index contributed by atoms with van der Waals surface area (Å²) in [6.07, 6.45) is -2.67. The molecule has 2 unspecified atom stereocenters. The lowest BCUT2D eigenvalue weighted by atomic mass is 10.1. The highest BCUT2D eigenvalue weighted by Gasteiger charge is 2.33. The summed E-state index contributed by atoms with van der Waals surface area (Å²) in [6, 6.07) is 0. The van der Waals surface area contributed by atoms with Crippen LogP contribution in [0.25, 0.3) is 0 Å². The van der Waals surface area contributed by atoms with Crippen molar-refractivity contribution in [3.05, 3.63) is 21.8 Å². The van der Waals surface area contributed by atoms with Gasteiger partial charge in [-0.05, 0) is 67.8 Å². The van der Waals surface area contributed by atoms with Gasteiger partial charge in [0.15, 0.2) is 0 Å². The maximum atomic E-state index is 13.5. The third-order valence-corrected chi connectivity index (χ3v) is 7.74. The van der Waals surface area contributed by atoms with Gasteiger partial charge in [-0.3, -0.25) is 14.4 Å². The van der Waals surface area contributed by atoms with Gasteiger partial charge in [-0.25, -0.2) is 0 Å². The number of anilines is 1. The number of hydrogen-bond donors (Lipinski definition) is 6. The molecule has 0 bridgehead atoms. The molecule has 0 aliphatic rings. The van der Waals surface area contributed by atoms with Crippen molar-refractivity contribution in [2.24, 2.45) is 5.73 Å². The van der Waals surface area contributed by atoms with E-state index >= 15 is 0 Å². The molecule has 7 N–H and O–H groups in total. The van der Waals surface area contributed by atoms with Crippen LogP contribution in [0.5, 0.6) is 0 Å². The number of carbonyl (C=O) groups is 3. The predicted molar refractivity (Wildman–Crippen MR) is 145 cm³/mol. The van der Waals surface area contributed by atoms with Crippen molar-refractivity contribution in [2.75, 3.05) is 50.2 Å². The van der Waals surface area contributed by atoms with Crippen LogP contribution in [-0.2, 0) is 4.79 Å². The van der Waals surface area contributed by atoms with Crippen molar-refractivity contribution in [3.8, 4) is 0 Å². The first-order valence-corrected chi connectivity index (χ1v) is 13.1. The number of nitrogens with two attached hydrogens (primary N) is 1. The number of alkyl halides is 1. The van der Waals surface area contributed by atoms with Crippen LogP contribution in [0.2, 0.25) is 0 Å². The number of nitrogens with zero attached hydrogens (tertiary/aromatic N) is 2. The Morgan fingerprint density at radius 1 is 0.909 bits per heavy atom. The van der Waals surface area contributed by atoms with Crippen molar-refractivity contribution >= 4 is 103 Å². The van der Waals surface area contributed by atoms with Crippen LogP contribution in [0.1, 0.15) is 20.7 Å². The first kappa shape index (κ1) is 30.9. The quantitative estimate of drug-likeness (QED) is 0.118. The molecular weight excluding hydrogens is 802 g/mol. The lowest BCUT2D eigenvalue weighted by Gasteiger charge is -2.30. The van der Waals surface area contributed by atoms with Crippen LogP contribution >= 0.6 is 79.4 Å². The molecule has 0 saturated heterocycles. The average Bonchev–Trinajstić information content (AvgIpc) is 2.76. The van der Waals surface area contributed by atoms with Gasteiger partial charge in [0.05, 0.1) is 56.0 Å². The molecule has 3 amide bonds. The number of hydrogen-bond acceptors (Lipinski definition) is 8. The van der Waals surface area contributed by atoms with Gasteiger partial charge in [-0.2, -0.15) is 0 Å². The molecule has 1 aromatic carbocycles. The Labute approximate surface area is 235 Å². The van der Waals surface area contributed by atoms with Crippen molar-refractivity contribution in [1.82, 2.24) is 4.90 Å². The summed E-state index contributed by atoms with van der Waals surface area (Å²) in [5.74, 6) is -2.62. The molecule has 1 rings (SSSR count). The van der Waals surface area contributed by atoms with Gasteiger partial charge in [0, 0.05) is 23.2 Å². The smallest absolute Gasteiger partial charge is 0.256 e. The SMILES string of the molecule is NC(=O)c1c(I)c(C(=O)N(CC(O)CO)CC(O)CO)c(I)c(N(CCO)C(=O)CCl)c1I. The zero-order valence-electron chi connectivity index (χ0n) is 17.0. The third-order valence-electron chi connectivity index (χ3n) is 4.33. The van der Waals surface area contributed by atoms with E-state index in [-0.39, 0.29) is 47.2 Å². The number of benzene rings is 1. The van der Waals surface area contributed by atoms with Crippen LogP contribution in [0.15, 0.2) is 0 Å². The lowest BCUT2D eigenvalue weighted by molar-refractivity contribution is -0.116. The molecule has 0 spiro atoms. The number of aliphatic hydroxyl groups excluding tert-OH is 5. The second kappa shape index (κ2) is 14.5. The molecule has 1 aromatic rings. The van der Waals surface area contributed by atoms with E-state index < -0.39 is 55.6 Å². The van der Waals surface area contributed by atoms with E-state index in [4.69, 9.17) is 17.3 Å². The Kier molecular flexibility index (Phi) is 13.6. The third kappa shape index (κ3) is 7.69. The highest BCUT2D eigenvalue weighted by Crippen LogP contribution is 2.38. The summed E-state index contributed by atoms with van der Waals surface area (Å²) in [6.45, 7) is -2.68. The fourth-order valence-corrected chi connectivity index (χ4v) is 7.73. The summed E-state index contributed by atoms with van der Waals surface area (Å²) >= 11 is 11.1. The minimum Gasteiger partial charge on any atom is -0.395 e. The first-order chi connectivity index (χ1) is 15.5. The molecule has 0 saturated carbocycles. The van der Waals surface area contributed by atoms with Gasteiger partial charge in [-0.15, -0.1) is 11.6 Å². The van der Waals surface area contributed by atoms with Gasteiger partial charge in [-0.1, -0.05) is 0 Å². The summed E-state index contributed by atoms with van der Waals surface area (Å²) in [4.78, 5) is 40.5. The lowest BCUT2D eigenvalue weighted by Crippen LogP contribution is -2.45. The number of aliphatic hydroxyl groups is 5. The Morgan fingerprint density at radius 3 is 1.79 bits per heavy atom. The van der Waals surface area contributed by atoms with E-state index in [9.17, 15) is 39.9 Å². The van der Waals surface area contributed by atoms with E-state index in [1.807, 2.05) is 45.2 Å². The average molecular weight is 826 g/mol. The Hall–Kier alpha value is -0.0900. The van der Waals surface area contributed by atoms with Gasteiger partial charge in [0.1, 0.15) is 5.88 Å². The molecule has 0 aliphatic heterocycles. The van der Waals surface area contributed by atoms with E-state index in [0.717, 1.165) is 9.80 Å². The van der Waals surface area contributed by atoms with Crippen molar-refractivity contribution in [1.29, 1.82) is 0 Å². The largest absolute Gasteiger partial charge is 0.395 e. The van der Waals surface area contributed by atoms with Gasteiger partial charge < -0.3 is 41.1 Å². The Morgan fingerprint density at radius 2 is 1.39 bits per heavy atom. The van der Waals surface area contributed by atoms with Crippen LogP contribution in [0.3, 0.4) is 0 Å². The van der Waals surface area contributed by atoms with Gasteiger partial charge in [0.2, 0.25) is 5.91 Å². The van der Waals surface area contributed by atoms with Crippen molar-refractivity contribution in [3.63, 3.8) is 0 Å². The van der Waals surface area contributed by atoms with Crippen LogP contribution in [0, 0.1) is 10.7 Å². The Bertz CT molecular complexity index is 880. The predicted octanol–water partition coefficient (Wildman–Crippen LogP) is -0.688. The maximum absolute atomic E-state index is 13.5. The summed E-state index contributed by atoms with van der Waals surface area (Å²) in [7, 11) is 0. The van der Waals surface area contributed by atoms with Gasteiger partial charge in [0.25, 0.3) is 11.8 Å². The highest BCUT2D eigenvalue weighted by molar-refractivity contribution is 14.1. The molecule has 15 heteroatoms. The standard InChI is InChI=1S/C18H23ClI3N3O8/c19-3-10(31)25(1-2-26)16-14(21)11(17(23)32)13(20)12(15(16)22)18(33)24(4-8(29)6-27)5-9(30)7-28/h8-9,26-30H,1-7H2,(H2,23,32). The second-order valence-electron chi connectivity index (χ2n) is 6.69. The zero-order valence-corrected chi connectivity index (χ0v) is 24.3. The molecule has 0 radical (unpaired) electrons.